The second kappa shape index (κ2) is 16.4. The predicted octanol–water partition coefficient (Wildman–Crippen LogP) is 8.92. The van der Waals surface area contributed by atoms with E-state index in [1.807, 2.05) is 12.1 Å². The third kappa shape index (κ3) is 9.91. The third-order valence-electron chi connectivity index (χ3n) is 6.75. The molecule has 0 aliphatic heterocycles. The van der Waals surface area contributed by atoms with Crippen LogP contribution in [0.1, 0.15) is 131 Å². The van der Waals surface area contributed by atoms with E-state index in [0.29, 0.717) is 0 Å². The first-order valence-corrected chi connectivity index (χ1v) is 13.7. The summed E-state index contributed by atoms with van der Waals surface area (Å²) in [5, 5.41) is 20.8. The number of benzene rings is 2. The van der Waals surface area contributed by atoms with Crippen molar-refractivity contribution in [2.45, 2.75) is 117 Å². The van der Waals surface area contributed by atoms with Crippen LogP contribution in [0.25, 0.3) is 0 Å². The van der Waals surface area contributed by atoms with E-state index in [1.54, 1.807) is 24.3 Å². The number of hydrogen-bond acceptors (Lipinski definition) is 3. The monoisotopic (exact) mass is 466 g/mol. The Bertz CT molecular complexity index is 786. The fraction of sp³-hybridized carbons (Fsp3) is 0.581. The Morgan fingerprint density at radius 1 is 0.559 bits per heavy atom. The van der Waals surface area contributed by atoms with Gasteiger partial charge < -0.3 is 10.2 Å². The van der Waals surface area contributed by atoms with Crippen molar-refractivity contribution in [2.24, 2.45) is 0 Å². The van der Waals surface area contributed by atoms with E-state index in [1.165, 1.54) is 77.0 Å². The molecule has 3 nitrogen and oxygen atoms in total. The van der Waals surface area contributed by atoms with Crippen LogP contribution in [0.3, 0.4) is 0 Å². The van der Waals surface area contributed by atoms with Gasteiger partial charge in [0.25, 0.3) is 0 Å². The number of ketones is 1. The standard InChI is InChI=1S/C31H46O3/c1-3-5-7-9-11-13-15-17-25-19-21-29(32)27(23-25)31(34)28-24-26(20-22-30(28)33)18-16-14-12-10-8-6-4-2/h19-24,32-33H,3-18H2,1-2H3. The van der Waals surface area contributed by atoms with Crippen molar-refractivity contribution in [3.05, 3.63) is 58.7 Å². The fourth-order valence-corrected chi connectivity index (χ4v) is 4.56. The molecule has 0 heterocycles. The maximum absolute atomic E-state index is 13.2. The van der Waals surface area contributed by atoms with E-state index < -0.39 is 0 Å². The van der Waals surface area contributed by atoms with Crippen LogP contribution >= 0.6 is 0 Å². The van der Waals surface area contributed by atoms with Crippen LogP contribution in [0.5, 0.6) is 11.5 Å². The van der Waals surface area contributed by atoms with Gasteiger partial charge in [-0.25, -0.2) is 0 Å². The van der Waals surface area contributed by atoms with Crippen molar-refractivity contribution < 1.29 is 15.0 Å². The Kier molecular flexibility index (Phi) is 13.4. The average Bonchev–Trinajstić information content (AvgIpc) is 2.84. The first kappa shape index (κ1) is 28.0. The highest BCUT2D eigenvalue weighted by Crippen LogP contribution is 2.28. The molecule has 0 saturated carbocycles. The molecule has 2 rings (SSSR count). The summed E-state index contributed by atoms with van der Waals surface area (Å²) in [6.45, 7) is 4.46. The number of phenolic OH excluding ortho intramolecular Hbond substituents is 2. The molecular formula is C31H46O3. The molecule has 2 aromatic carbocycles. The average molecular weight is 467 g/mol. The Hall–Kier alpha value is -2.29. The van der Waals surface area contributed by atoms with Crippen LogP contribution in [-0.2, 0) is 12.8 Å². The molecule has 0 atom stereocenters. The summed E-state index contributed by atoms with van der Waals surface area (Å²) in [4.78, 5) is 13.2. The van der Waals surface area contributed by atoms with E-state index in [0.717, 1.165) is 36.8 Å². The zero-order valence-electron chi connectivity index (χ0n) is 21.6. The van der Waals surface area contributed by atoms with Crippen LogP contribution < -0.4 is 0 Å². The first-order valence-electron chi connectivity index (χ1n) is 13.7. The summed E-state index contributed by atoms with van der Waals surface area (Å²) < 4.78 is 0. The molecule has 3 heteroatoms. The summed E-state index contributed by atoms with van der Waals surface area (Å²) in [5.41, 5.74) is 2.69. The lowest BCUT2D eigenvalue weighted by Crippen LogP contribution is -2.04. The number of unbranched alkanes of at least 4 members (excludes halogenated alkanes) is 12. The van der Waals surface area contributed by atoms with Gasteiger partial charge in [-0.2, -0.15) is 0 Å². The lowest BCUT2D eigenvalue weighted by atomic mass is 9.95. The van der Waals surface area contributed by atoms with E-state index in [4.69, 9.17) is 0 Å². The van der Waals surface area contributed by atoms with Crippen LogP contribution in [0.4, 0.5) is 0 Å². The van der Waals surface area contributed by atoms with Gasteiger partial charge in [0.15, 0.2) is 5.78 Å². The molecule has 2 N–H and O–H groups in total. The minimum atomic E-state index is -0.308. The summed E-state index contributed by atoms with van der Waals surface area (Å²) >= 11 is 0. The van der Waals surface area contributed by atoms with Crippen molar-refractivity contribution in [2.75, 3.05) is 0 Å². The highest BCUT2D eigenvalue weighted by atomic mass is 16.3. The second-order valence-corrected chi connectivity index (χ2v) is 9.77. The molecule has 0 aromatic heterocycles. The van der Waals surface area contributed by atoms with E-state index >= 15 is 0 Å². The maximum Gasteiger partial charge on any atom is 0.200 e. The van der Waals surface area contributed by atoms with E-state index in [-0.39, 0.29) is 28.4 Å². The van der Waals surface area contributed by atoms with E-state index in [2.05, 4.69) is 13.8 Å². The van der Waals surface area contributed by atoms with Crippen LogP contribution in [0.2, 0.25) is 0 Å². The molecule has 188 valence electrons. The second-order valence-electron chi connectivity index (χ2n) is 9.77. The Balaban J connectivity index is 1.93. The Morgan fingerprint density at radius 2 is 0.912 bits per heavy atom. The zero-order chi connectivity index (χ0) is 24.6. The largest absolute Gasteiger partial charge is 0.507 e. The Morgan fingerprint density at radius 3 is 1.29 bits per heavy atom. The molecule has 0 fully saturated rings. The smallest absolute Gasteiger partial charge is 0.200 e. The minimum Gasteiger partial charge on any atom is -0.507 e. The zero-order valence-corrected chi connectivity index (χ0v) is 21.6. The van der Waals surface area contributed by atoms with Gasteiger partial charge in [0.2, 0.25) is 0 Å². The van der Waals surface area contributed by atoms with Gasteiger partial charge in [0.1, 0.15) is 11.5 Å². The first-order chi connectivity index (χ1) is 16.6. The molecule has 0 saturated heterocycles. The number of carbonyl (C=O) groups is 1. The number of hydrogen-bond donors (Lipinski definition) is 2. The summed E-state index contributed by atoms with van der Waals surface area (Å²) in [6.07, 6.45) is 19.2. The minimum absolute atomic E-state index is 0.0230. The van der Waals surface area contributed by atoms with E-state index in [9.17, 15) is 15.0 Å². The molecule has 34 heavy (non-hydrogen) atoms. The van der Waals surface area contributed by atoms with Crippen molar-refractivity contribution in [1.29, 1.82) is 0 Å². The molecule has 0 bridgehead atoms. The molecule has 2 aromatic rings. The van der Waals surface area contributed by atoms with Crippen LogP contribution in [0.15, 0.2) is 36.4 Å². The highest BCUT2D eigenvalue weighted by molar-refractivity contribution is 6.12. The maximum atomic E-state index is 13.2. The predicted molar refractivity (Wildman–Crippen MR) is 143 cm³/mol. The molecule has 0 spiro atoms. The van der Waals surface area contributed by atoms with Gasteiger partial charge in [-0.1, -0.05) is 103 Å². The summed E-state index contributed by atoms with van der Waals surface area (Å²) in [6, 6.07) is 10.6. The van der Waals surface area contributed by atoms with Gasteiger partial charge >= 0.3 is 0 Å². The molecular weight excluding hydrogens is 420 g/mol. The number of aryl methyl sites for hydroxylation is 2. The number of aromatic hydroxyl groups is 2. The molecule has 0 radical (unpaired) electrons. The van der Waals surface area contributed by atoms with Crippen molar-refractivity contribution in [3.8, 4) is 11.5 Å². The molecule has 0 unspecified atom stereocenters. The lowest BCUT2D eigenvalue weighted by Gasteiger charge is -2.10. The number of rotatable bonds is 18. The van der Waals surface area contributed by atoms with Gasteiger partial charge in [-0.3, -0.25) is 4.79 Å². The molecule has 0 aliphatic rings. The molecule has 0 aliphatic carbocycles. The van der Waals surface area contributed by atoms with Gasteiger partial charge in [-0.15, -0.1) is 0 Å². The summed E-state index contributed by atoms with van der Waals surface area (Å²) in [5.74, 6) is -0.353. The molecule has 0 amide bonds. The van der Waals surface area contributed by atoms with Crippen LogP contribution in [-0.4, -0.2) is 16.0 Å². The highest BCUT2D eigenvalue weighted by Gasteiger charge is 2.18. The number of carbonyl (C=O) groups excluding carboxylic acids is 1. The van der Waals surface area contributed by atoms with Crippen molar-refractivity contribution in [1.82, 2.24) is 0 Å². The van der Waals surface area contributed by atoms with Gasteiger partial charge in [-0.05, 0) is 61.1 Å². The van der Waals surface area contributed by atoms with Gasteiger partial charge in [0.05, 0.1) is 11.1 Å². The number of phenols is 2. The Labute approximate surface area is 207 Å². The van der Waals surface area contributed by atoms with Crippen molar-refractivity contribution >= 4 is 5.78 Å². The fourth-order valence-electron chi connectivity index (χ4n) is 4.56. The lowest BCUT2D eigenvalue weighted by molar-refractivity contribution is 0.103. The normalized spacial score (nSPS) is 11.1. The summed E-state index contributed by atoms with van der Waals surface area (Å²) in [7, 11) is 0. The topological polar surface area (TPSA) is 57.5 Å². The van der Waals surface area contributed by atoms with Crippen LogP contribution in [0, 0.1) is 0 Å². The van der Waals surface area contributed by atoms with Crippen molar-refractivity contribution in [3.63, 3.8) is 0 Å². The SMILES string of the molecule is CCCCCCCCCc1ccc(O)c(C(=O)c2cc(CCCCCCCCC)ccc2O)c1. The third-order valence-corrected chi connectivity index (χ3v) is 6.75. The quantitative estimate of drug-likeness (QED) is 0.170. The van der Waals surface area contributed by atoms with Gasteiger partial charge in [0, 0.05) is 0 Å².